The van der Waals surface area contributed by atoms with Crippen LogP contribution >= 0.6 is 0 Å². The van der Waals surface area contributed by atoms with Crippen molar-refractivity contribution in [2.24, 2.45) is 0 Å². The summed E-state index contributed by atoms with van der Waals surface area (Å²) in [6.45, 7) is 4.08. The van der Waals surface area contributed by atoms with Crippen LogP contribution in [0.2, 0.25) is 0 Å². The van der Waals surface area contributed by atoms with Crippen LogP contribution < -0.4 is 0 Å². The van der Waals surface area contributed by atoms with Crippen LogP contribution in [-0.2, 0) is 4.74 Å². The molecule has 0 aliphatic carbocycles. The molecule has 2 rings (SSSR count). The van der Waals surface area contributed by atoms with Gasteiger partial charge in [-0.05, 0) is 37.6 Å². The molecule has 1 aromatic carbocycles. The Bertz CT molecular complexity index is 555. The molecule has 0 radical (unpaired) electrons. The van der Waals surface area contributed by atoms with E-state index in [9.17, 15) is 4.79 Å². The maximum atomic E-state index is 11.6. The summed E-state index contributed by atoms with van der Waals surface area (Å²) >= 11 is 0. The number of esters is 1. The SMILES string of the molecule is COC(=O)c1cccn1-c1ccc(C)cc1C. The number of methoxy groups -OCH3 is 1. The van der Waals surface area contributed by atoms with E-state index in [2.05, 4.69) is 6.07 Å². The first-order valence-corrected chi connectivity index (χ1v) is 5.47. The Morgan fingerprint density at radius 3 is 2.65 bits per heavy atom. The number of ether oxygens (including phenoxy) is 1. The lowest BCUT2D eigenvalue weighted by Gasteiger charge is -2.11. The van der Waals surface area contributed by atoms with Crippen LogP contribution in [0.5, 0.6) is 0 Å². The number of rotatable bonds is 2. The zero-order valence-corrected chi connectivity index (χ0v) is 10.2. The molecule has 0 saturated carbocycles. The molecule has 0 bridgehead atoms. The number of carbonyl (C=O) groups excluding carboxylic acids is 1. The van der Waals surface area contributed by atoms with Crippen molar-refractivity contribution in [2.75, 3.05) is 7.11 Å². The maximum absolute atomic E-state index is 11.6. The van der Waals surface area contributed by atoms with E-state index in [4.69, 9.17) is 4.74 Å². The second kappa shape index (κ2) is 4.45. The van der Waals surface area contributed by atoms with Crippen LogP contribution in [0.15, 0.2) is 36.5 Å². The maximum Gasteiger partial charge on any atom is 0.355 e. The van der Waals surface area contributed by atoms with Gasteiger partial charge in [-0.3, -0.25) is 0 Å². The molecule has 1 aromatic heterocycles. The van der Waals surface area contributed by atoms with Gasteiger partial charge in [0.05, 0.1) is 7.11 Å². The van der Waals surface area contributed by atoms with Gasteiger partial charge in [-0.15, -0.1) is 0 Å². The Kier molecular flexibility index (Phi) is 3.00. The minimum absolute atomic E-state index is 0.324. The number of benzene rings is 1. The van der Waals surface area contributed by atoms with E-state index in [1.54, 1.807) is 6.07 Å². The van der Waals surface area contributed by atoms with E-state index in [0.29, 0.717) is 5.69 Å². The summed E-state index contributed by atoms with van der Waals surface area (Å²) in [5.41, 5.74) is 3.88. The molecule has 0 fully saturated rings. The van der Waals surface area contributed by atoms with Gasteiger partial charge in [0.25, 0.3) is 0 Å². The highest BCUT2D eigenvalue weighted by Crippen LogP contribution is 2.18. The van der Waals surface area contributed by atoms with E-state index in [1.807, 2.05) is 42.8 Å². The summed E-state index contributed by atoms with van der Waals surface area (Å²) in [6, 6.07) is 9.73. The van der Waals surface area contributed by atoms with E-state index >= 15 is 0 Å². The Morgan fingerprint density at radius 2 is 2.00 bits per heavy atom. The molecule has 88 valence electrons. The van der Waals surface area contributed by atoms with E-state index in [1.165, 1.54) is 12.7 Å². The lowest BCUT2D eigenvalue weighted by atomic mass is 10.1. The topological polar surface area (TPSA) is 31.2 Å². The van der Waals surface area contributed by atoms with Crippen LogP contribution in [-0.4, -0.2) is 17.6 Å². The van der Waals surface area contributed by atoms with Crippen molar-refractivity contribution in [3.05, 3.63) is 53.3 Å². The van der Waals surface area contributed by atoms with Crippen molar-refractivity contribution in [3.63, 3.8) is 0 Å². The van der Waals surface area contributed by atoms with Crippen molar-refractivity contribution >= 4 is 5.97 Å². The van der Waals surface area contributed by atoms with Crippen LogP contribution in [0.1, 0.15) is 21.6 Å². The molecule has 3 nitrogen and oxygen atoms in total. The lowest BCUT2D eigenvalue weighted by Crippen LogP contribution is -2.09. The summed E-state index contributed by atoms with van der Waals surface area (Å²) in [5.74, 6) is -0.324. The Balaban J connectivity index is 2.53. The number of hydrogen-bond donors (Lipinski definition) is 0. The molecule has 0 N–H and O–H groups in total. The van der Waals surface area contributed by atoms with Crippen molar-refractivity contribution < 1.29 is 9.53 Å². The van der Waals surface area contributed by atoms with Gasteiger partial charge in [0.15, 0.2) is 0 Å². The third-order valence-corrected chi connectivity index (χ3v) is 2.76. The van der Waals surface area contributed by atoms with Crippen molar-refractivity contribution in [3.8, 4) is 5.69 Å². The summed E-state index contributed by atoms with van der Waals surface area (Å²) < 4.78 is 6.61. The van der Waals surface area contributed by atoms with Gasteiger partial charge in [0, 0.05) is 11.9 Å². The summed E-state index contributed by atoms with van der Waals surface area (Å²) in [6.07, 6.45) is 1.86. The molecule has 0 spiro atoms. The van der Waals surface area contributed by atoms with Gasteiger partial charge in [-0.25, -0.2) is 4.79 Å². The first-order valence-electron chi connectivity index (χ1n) is 5.47. The molecule has 1 heterocycles. The smallest absolute Gasteiger partial charge is 0.355 e. The molecule has 2 aromatic rings. The largest absolute Gasteiger partial charge is 0.464 e. The number of aryl methyl sites for hydroxylation is 2. The average molecular weight is 229 g/mol. The zero-order chi connectivity index (χ0) is 12.4. The third kappa shape index (κ3) is 2.09. The second-order valence-corrected chi connectivity index (χ2v) is 4.04. The fourth-order valence-corrected chi connectivity index (χ4v) is 1.94. The number of hydrogen-bond acceptors (Lipinski definition) is 2. The summed E-state index contributed by atoms with van der Waals surface area (Å²) in [5, 5.41) is 0. The van der Waals surface area contributed by atoms with Crippen molar-refractivity contribution in [1.29, 1.82) is 0 Å². The van der Waals surface area contributed by atoms with Gasteiger partial charge >= 0.3 is 5.97 Å². The summed E-state index contributed by atoms with van der Waals surface area (Å²) in [7, 11) is 1.39. The van der Waals surface area contributed by atoms with Gasteiger partial charge in [0.1, 0.15) is 5.69 Å². The quantitative estimate of drug-likeness (QED) is 0.741. The Morgan fingerprint density at radius 1 is 1.24 bits per heavy atom. The molecule has 17 heavy (non-hydrogen) atoms. The molecule has 0 unspecified atom stereocenters. The van der Waals surface area contributed by atoms with Crippen LogP contribution in [0, 0.1) is 13.8 Å². The molecule has 0 saturated heterocycles. The minimum atomic E-state index is -0.324. The molecular formula is C14H15NO2. The van der Waals surface area contributed by atoms with Gasteiger partial charge in [-0.2, -0.15) is 0 Å². The lowest BCUT2D eigenvalue weighted by molar-refractivity contribution is 0.0591. The predicted molar refractivity (Wildman–Crippen MR) is 66.6 cm³/mol. The fraction of sp³-hybridized carbons (Fsp3) is 0.214. The predicted octanol–water partition coefficient (Wildman–Crippen LogP) is 2.88. The van der Waals surface area contributed by atoms with E-state index in [0.717, 1.165) is 11.3 Å². The van der Waals surface area contributed by atoms with Gasteiger partial charge < -0.3 is 9.30 Å². The highest BCUT2D eigenvalue weighted by molar-refractivity contribution is 5.88. The Labute approximate surface area is 101 Å². The standard InChI is InChI=1S/C14H15NO2/c1-10-6-7-12(11(2)9-10)15-8-4-5-13(15)14(16)17-3/h4-9H,1-3H3. The summed E-state index contributed by atoms with van der Waals surface area (Å²) in [4.78, 5) is 11.6. The average Bonchev–Trinajstić information content (AvgIpc) is 2.77. The van der Waals surface area contributed by atoms with Gasteiger partial charge in [0.2, 0.25) is 0 Å². The van der Waals surface area contributed by atoms with Crippen molar-refractivity contribution in [1.82, 2.24) is 4.57 Å². The van der Waals surface area contributed by atoms with Crippen LogP contribution in [0.4, 0.5) is 0 Å². The number of aromatic nitrogens is 1. The molecule has 0 amide bonds. The van der Waals surface area contributed by atoms with E-state index in [-0.39, 0.29) is 5.97 Å². The van der Waals surface area contributed by atoms with E-state index < -0.39 is 0 Å². The van der Waals surface area contributed by atoms with Crippen LogP contribution in [0.3, 0.4) is 0 Å². The third-order valence-electron chi connectivity index (χ3n) is 2.76. The first kappa shape index (κ1) is 11.5. The zero-order valence-electron chi connectivity index (χ0n) is 10.2. The highest BCUT2D eigenvalue weighted by Gasteiger charge is 2.13. The first-order chi connectivity index (χ1) is 8.13. The number of carbonyl (C=O) groups is 1. The van der Waals surface area contributed by atoms with Crippen molar-refractivity contribution in [2.45, 2.75) is 13.8 Å². The highest BCUT2D eigenvalue weighted by atomic mass is 16.5. The normalized spacial score (nSPS) is 10.3. The molecule has 3 heteroatoms. The second-order valence-electron chi connectivity index (χ2n) is 4.04. The molecule has 0 aliphatic heterocycles. The minimum Gasteiger partial charge on any atom is -0.464 e. The Hall–Kier alpha value is -2.03. The molecule has 0 aliphatic rings. The van der Waals surface area contributed by atoms with Crippen LogP contribution in [0.25, 0.3) is 5.69 Å². The molecule has 0 atom stereocenters. The monoisotopic (exact) mass is 229 g/mol. The number of nitrogens with zero attached hydrogens (tertiary/aromatic N) is 1. The molecular weight excluding hydrogens is 214 g/mol. The fourth-order valence-electron chi connectivity index (χ4n) is 1.94. The van der Waals surface area contributed by atoms with Gasteiger partial charge in [-0.1, -0.05) is 17.7 Å².